The second kappa shape index (κ2) is 8.23. The highest BCUT2D eigenvalue weighted by molar-refractivity contribution is 7.98. The number of aryl methyl sites for hydroxylation is 2. The number of nitrogens with one attached hydrogen (secondary N) is 1. The number of hydrogen-bond acceptors (Lipinski definition) is 4. The zero-order valence-electron chi connectivity index (χ0n) is 15.2. The van der Waals surface area contributed by atoms with Gasteiger partial charge in [0.2, 0.25) is 5.89 Å². The van der Waals surface area contributed by atoms with Crippen LogP contribution in [0.3, 0.4) is 0 Å². The van der Waals surface area contributed by atoms with Crippen LogP contribution in [-0.4, -0.2) is 17.4 Å². The molecule has 3 aromatic rings. The minimum Gasteiger partial charge on any atom is -0.441 e. The van der Waals surface area contributed by atoms with Crippen molar-refractivity contribution in [3.8, 4) is 11.5 Å². The molecule has 0 aliphatic heterocycles. The number of benzene rings is 2. The Morgan fingerprint density at radius 3 is 2.42 bits per heavy atom. The van der Waals surface area contributed by atoms with Gasteiger partial charge < -0.3 is 9.73 Å². The molecule has 3 rings (SSSR count). The van der Waals surface area contributed by atoms with Crippen LogP contribution in [0.2, 0.25) is 0 Å². The third-order valence-electron chi connectivity index (χ3n) is 4.02. The Labute approximate surface area is 158 Å². The molecule has 0 fully saturated rings. The van der Waals surface area contributed by atoms with E-state index in [2.05, 4.69) is 41.5 Å². The van der Waals surface area contributed by atoms with Crippen molar-refractivity contribution in [2.45, 2.75) is 31.4 Å². The highest BCUT2D eigenvalue weighted by atomic mass is 32.2. The summed E-state index contributed by atoms with van der Waals surface area (Å²) >= 11 is 1.74. The van der Waals surface area contributed by atoms with Gasteiger partial charge in [0.05, 0.1) is 5.69 Å². The molecule has 0 saturated heterocycles. The van der Waals surface area contributed by atoms with Gasteiger partial charge in [-0.3, -0.25) is 4.79 Å². The van der Waals surface area contributed by atoms with E-state index >= 15 is 0 Å². The van der Waals surface area contributed by atoms with Crippen LogP contribution in [0, 0.1) is 13.8 Å². The molecule has 26 heavy (non-hydrogen) atoms. The summed E-state index contributed by atoms with van der Waals surface area (Å²) < 4.78 is 5.83. The summed E-state index contributed by atoms with van der Waals surface area (Å²) in [6.07, 6.45) is 0. The fourth-order valence-electron chi connectivity index (χ4n) is 2.50. The number of nitrogens with zero attached hydrogens (tertiary/aromatic N) is 1. The van der Waals surface area contributed by atoms with Gasteiger partial charge in [0.25, 0.3) is 5.91 Å². The van der Waals surface area contributed by atoms with E-state index in [4.69, 9.17) is 4.42 Å². The number of hydrogen-bond donors (Lipinski definition) is 1. The van der Waals surface area contributed by atoms with E-state index < -0.39 is 0 Å². The molecular weight excluding hydrogens is 344 g/mol. The molecule has 5 heteroatoms. The Morgan fingerprint density at radius 2 is 1.77 bits per heavy atom. The normalized spacial score (nSPS) is 10.7. The maximum absolute atomic E-state index is 11.8. The largest absolute Gasteiger partial charge is 0.441 e. The number of carbonyl (C=O) groups excluding carboxylic acids is 1. The number of rotatable bonds is 6. The molecule has 1 heterocycles. The van der Waals surface area contributed by atoms with E-state index in [1.807, 2.05) is 26.0 Å². The lowest BCUT2D eigenvalue weighted by molar-refractivity contribution is 0.0956. The standard InChI is InChI=1S/C21H22N2O2S/c1-4-22-20(24)16-7-9-17(10-8-16)21-23-19(15(3)25-21)13-26-18-11-5-14(2)6-12-18/h5-12H,4,13H2,1-3H3,(H,22,24). The number of oxazole rings is 1. The van der Waals surface area contributed by atoms with Gasteiger partial charge >= 0.3 is 0 Å². The monoisotopic (exact) mass is 366 g/mol. The summed E-state index contributed by atoms with van der Waals surface area (Å²) in [6, 6.07) is 15.8. The lowest BCUT2D eigenvalue weighted by atomic mass is 10.1. The quantitative estimate of drug-likeness (QED) is 0.624. The third-order valence-corrected chi connectivity index (χ3v) is 5.04. The second-order valence-corrected chi connectivity index (χ2v) is 7.11. The molecular formula is C21H22N2O2S. The fraction of sp³-hybridized carbons (Fsp3) is 0.238. The van der Waals surface area contributed by atoms with E-state index in [1.165, 1.54) is 10.5 Å². The number of amides is 1. The maximum atomic E-state index is 11.8. The highest BCUT2D eigenvalue weighted by Gasteiger charge is 2.13. The van der Waals surface area contributed by atoms with E-state index in [1.54, 1.807) is 23.9 Å². The molecule has 0 spiro atoms. The number of aromatic nitrogens is 1. The van der Waals surface area contributed by atoms with E-state index in [9.17, 15) is 4.79 Å². The first-order chi connectivity index (χ1) is 12.6. The topological polar surface area (TPSA) is 55.1 Å². The first-order valence-electron chi connectivity index (χ1n) is 8.61. The van der Waals surface area contributed by atoms with E-state index in [0.29, 0.717) is 18.0 Å². The molecule has 1 amide bonds. The van der Waals surface area contributed by atoms with Crippen LogP contribution < -0.4 is 5.32 Å². The molecule has 0 saturated carbocycles. The molecule has 0 bridgehead atoms. The maximum Gasteiger partial charge on any atom is 0.251 e. The van der Waals surface area contributed by atoms with Crippen molar-refractivity contribution < 1.29 is 9.21 Å². The molecule has 0 aliphatic rings. The zero-order valence-corrected chi connectivity index (χ0v) is 16.0. The lowest BCUT2D eigenvalue weighted by Gasteiger charge is -2.02. The lowest BCUT2D eigenvalue weighted by Crippen LogP contribution is -2.22. The van der Waals surface area contributed by atoms with E-state index in [-0.39, 0.29) is 5.91 Å². The molecule has 1 N–H and O–H groups in total. The van der Waals surface area contributed by atoms with Crippen molar-refractivity contribution in [2.24, 2.45) is 0 Å². The molecule has 4 nitrogen and oxygen atoms in total. The summed E-state index contributed by atoms with van der Waals surface area (Å²) in [5.74, 6) is 2.10. The van der Waals surface area contributed by atoms with Gasteiger partial charge in [-0.15, -0.1) is 11.8 Å². The summed E-state index contributed by atoms with van der Waals surface area (Å²) in [4.78, 5) is 17.7. The molecule has 0 unspecified atom stereocenters. The van der Waals surface area contributed by atoms with Gasteiger partial charge in [0.15, 0.2) is 0 Å². The van der Waals surface area contributed by atoms with Crippen LogP contribution in [0.4, 0.5) is 0 Å². The van der Waals surface area contributed by atoms with Crippen LogP contribution in [0.15, 0.2) is 57.8 Å². The minimum atomic E-state index is -0.0715. The average Bonchev–Trinajstić information content (AvgIpc) is 3.02. The van der Waals surface area contributed by atoms with Crippen molar-refractivity contribution in [3.05, 3.63) is 71.1 Å². The van der Waals surface area contributed by atoms with Gasteiger partial charge in [-0.05, 0) is 57.2 Å². The SMILES string of the molecule is CCNC(=O)c1ccc(-c2nc(CSc3ccc(C)cc3)c(C)o2)cc1. The summed E-state index contributed by atoms with van der Waals surface area (Å²) in [5.41, 5.74) is 3.70. The molecule has 134 valence electrons. The average molecular weight is 366 g/mol. The van der Waals surface area contributed by atoms with Crippen molar-refractivity contribution in [1.29, 1.82) is 0 Å². The number of thioether (sulfide) groups is 1. The first-order valence-corrected chi connectivity index (χ1v) is 9.59. The van der Waals surface area contributed by atoms with Crippen LogP contribution in [-0.2, 0) is 5.75 Å². The second-order valence-electron chi connectivity index (χ2n) is 6.06. The summed E-state index contributed by atoms with van der Waals surface area (Å²) in [7, 11) is 0. The van der Waals surface area contributed by atoms with Crippen LogP contribution >= 0.6 is 11.8 Å². The Bertz CT molecular complexity index is 883. The molecule has 1 aromatic heterocycles. The zero-order chi connectivity index (χ0) is 18.5. The highest BCUT2D eigenvalue weighted by Crippen LogP contribution is 2.28. The Hall–Kier alpha value is -2.53. The first kappa shape index (κ1) is 18.3. The van der Waals surface area contributed by atoms with Crippen molar-refractivity contribution >= 4 is 17.7 Å². The summed E-state index contributed by atoms with van der Waals surface area (Å²) in [6.45, 7) is 6.53. The number of carbonyl (C=O) groups is 1. The predicted octanol–water partition coefficient (Wildman–Crippen LogP) is 5.00. The third kappa shape index (κ3) is 4.35. The van der Waals surface area contributed by atoms with Crippen molar-refractivity contribution in [3.63, 3.8) is 0 Å². The fourth-order valence-corrected chi connectivity index (χ4v) is 3.40. The molecule has 0 atom stereocenters. The molecule has 0 aliphatic carbocycles. The van der Waals surface area contributed by atoms with Crippen molar-refractivity contribution in [2.75, 3.05) is 6.54 Å². The van der Waals surface area contributed by atoms with Gasteiger partial charge in [-0.2, -0.15) is 0 Å². The summed E-state index contributed by atoms with van der Waals surface area (Å²) in [5, 5.41) is 2.79. The Balaban J connectivity index is 1.71. The van der Waals surface area contributed by atoms with Crippen LogP contribution in [0.25, 0.3) is 11.5 Å². The van der Waals surface area contributed by atoms with Gasteiger partial charge in [-0.1, -0.05) is 17.7 Å². The van der Waals surface area contributed by atoms with Gasteiger partial charge in [0.1, 0.15) is 5.76 Å². The predicted molar refractivity (Wildman–Crippen MR) is 105 cm³/mol. The Kier molecular flexibility index (Phi) is 5.78. The van der Waals surface area contributed by atoms with E-state index in [0.717, 1.165) is 22.8 Å². The van der Waals surface area contributed by atoms with Crippen molar-refractivity contribution in [1.82, 2.24) is 10.3 Å². The van der Waals surface area contributed by atoms with Gasteiger partial charge in [-0.25, -0.2) is 4.98 Å². The molecule has 0 radical (unpaired) electrons. The smallest absolute Gasteiger partial charge is 0.251 e. The molecule has 2 aromatic carbocycles. The van der Waals surface area contributed by atoms with Crippen LogP contribution in [0.1, 0.15) is 34.3 Å². The van der Waals surface area contributed by atoms with Crippen LogP contribution in [0.5, 0.6) is 0 Å². The Morgan fingerprint density at radius 1 is 1.08 bits per heavy atom. The van der Waals surface area contributed by atoms with Gasteiger partial charge in [0, 0.05) is 28.3 Å². The minimum absolute atomic E-state index is 0.0715.